The van der Waals surface area contributed by atoms with Gasteiger partial charge in [-0.1, -0.05) is 4.49 Å². The molecule has 74 valence electrons. The number of aryl methyl sites for hydroxylation is 1. The van der Waals surface area contributed by atoms with E-state index in [-0.39, 0.29) is 0 Å². The van der Waals surface area contributed by atoms with Gasteiger partial charge in [0.05, 0.1) is 12.7 Å². The molecule has 3 nitrogen and oxygen atoms in total. The predicted molar refractivity (Wildman–Crippen MR) is 64.0 cm³/mol. The molecule has 0 aliphatic heterocycles. The van der Waals surface area contributed by atoms with Crippen molar-refractivity contribution in [1.82, 2.24) is 9.59 Å². The molecule has 0 bridgehead atoms. The van der Waals surface area contributed by atoms with Gasteiger partial charge >= 0.3 is 0 Å². The van der Waals surface area contributed by atoms with Crippen LogP contribution in [0, 0.1) is 6.92 Å². The molecule has 2 aromatic heterocycles. The van der Waals surface area contributed by atoms with Crippen LogP contribution >= 0.6 is 38.8 Å². The zero-order chi connectivity index (χ0) is 9.97. The first-order valence-corrected chi connectivity index (χ1v) is 6.40. The second kappa shape index (κ2) is 4.37. The Kier molecular flexibility index (Phi) is 3.15. The smallest absolute Gasteiger partial charge is 0.130 e. The lowest BCUT2D eigenvalue weighted by atomic mass is 10.4. The summed E-state index contributed by atoms with van der Waals surface area (Å²) in [5, 5.41) is 8.03. The number of hydrogen-bond donors (Lipinski definition) is 1. The normalized spacial score (nSPS) is 10.4. The predicted octanol–water partition coefficient (Wildman–Crippen LogP) is 3.28. The molecular weight excluding hydrogens is 282 g/mol. The van der Waals surface area contributed by atoms with Crippen LogP contribution in [-0.4, -0.2) is 9.59 Å². The highest BCUT2D eigenvalue weighted by Gasteiger charge is 2.02. The molecule has 6 heteroatoms. The van der Waals surface area contributed by atoms with Crippen molar-refractivity contribution in [3.05, 3.63) is 26.5 Å². The Morgan fingerprint density at radius 3 is 3.00 bits per heavy atom. The molecule has 0 aliphatic rings. The fourth-order valence-corrected chi connectivity index (χ4v) is 2.98. The number of halogens is 1. The number of anilines is 1. The number of hydrogen-bond acceptors (Lipinski definition) is 5. The van der Waals surface area contributed by atoms with Gasteiger partial charge < -0.3 is 5.32 Å². The Bertz CT molecular complexity index is 391. The molecular formula is C8H8BrN3S2. The standard InChI is InChI=1S/C8H8BrN3S2/c1-5-7(9)2-6(13-5)3-10-8-4-11-12-14-8/h2,4,10H,3H2,1H3. The van der Waals surface area contributed by atoms with Crippen LogP contribution in [0.25, 0.3) is 0 Å². The van der Waals surface area contributed by atoms with Crippen LogP contribution < -0.4 is 5.32 Å². The lowest BCUT2D eigenvalue weighted by molar-refractivity contribution is 1.14. The van der Waals surface area contributed by atoms with Gasteiger partial charge in [-0.15, -0.1) is 16.4 Å². The average molecular weight is 290 g/mol. The summed E-state index contributed by atoms with van der Waals surface area (Å²) in [6.45, 7) is 2.94. The summed E-state index contributed by atoms with van der Waals surface area (Å²) < 4.78 is 4.96. The van der Waals surface area contributed by atoms with E-state index in [1.807, 2.05) is 0 Å². The first kappa shape index (κ1) is 10.1. The fourth-order valence-electron chi connectivity index (χ4n) is 1.02. The van der Waals surface area contributed by atoms with E-state index in [0.717, 1.165) is 11.5 Å². The molecule has 0 saturated carbocycles. The summed E-state index contributed by atoms with van der Waals surface area (Å²) in [6, 6.07) is 2.14. The maximum Gasteiger partial charge on any atom is 0.130 e. The molecule has 0 aromatic carbocycles. The molecule has 2 aromatic rings. The Labute approximate surface area is 98.5 Å². The third kappa shape index (κ3) is 2.31. The zero-order valence-corrected chi connectivity index (χ0v) is 10.7. The number of nitrogens with zero attached hydrogens (tertiary/aromatic N) is 2. The van der Waals surface area contributed by atoms with Crippen LogP contribution in [0.5, 0.6) is 0 Å². The van der Waals surface area contributed by atoms with Gasteiger partial charge in [0.1, 0.15) is 5.00 Å². The highest BCUT2D eigenvalue weighted by molar-refractivity contribution is 9.10. The summed E-state index contributed by atoms with van der Waals surface area (Å²) in [6.07, 6.45) is 1.74. The van der Waals surface area contributed by atoms with E-state index in [4.69, 9.17) is 0 Å². The van der Waals surface area contributed by atoms with Crippen molar-refractivity contribution < 1.29 is 0 Å². The first-order valence-electron chi connectivity index (χ1n) is 4.02. The van der Waals surface area contributed by atoms with Crippen LogP contribution in [0.3, 0.4) is 0 Å². The molecule has 0 unspecified atom stereocenters. The van der Waals surface area contributed by atoms with E-state index < -0.39 is 0 Å². The van der Waals surface area contributed by atoms with Crippen LogP contribution in [0.15, 0.2) is 16.7 Å². The minimum Gasteiger partial charge on any atom is -0.369 e. The van der Waals surface area contributed by atoms with Gasteiger partial charge in [0.25, 0.3) is 0 Å². The monoisotopic (exact) mass is 289 g/mol. The van der Waals surface area contributed by atoms with Crippen LogP contribution in [0.2, 0.25) is 0 Å². The van der Waals surface area contributed by atoms with E-state index in [9.17, 15) is 0 Å². The molecule has 0 fully saturated rings. The number of rotatable bonds is 3. The quantitative estimate of drug-likeness (QED) is 0.942. The summed E-state index contributed by atoms with van der Waals surface area (Å²) >= 11 is 6.66. The number of nitrogens with one attached hydrogen (secondary N) is 1. The lowest BCUT2D eigenvalue weighted by Gasteiger charge is -1.97. The zero-order valence-electron chi connectivity index (χ0n) is 7.45. The Hall–Kier alpha value is -0.460. The molecule has 0 spiro atoms. The summed E-state index contributed by atoms with van der Waals surface area (Å²) in [5.41, 5.74) is 0. The Morgan fingerprint density at radius 1 is 1.57 bits per heavy atom. The molecule has 0 atom stereocenters. The number of thiophene rings is 1. The van der Waals surface area contributed by atoms with Gasteiger partial charge in [-0.2, -0.15) is 0 Å². The van der Waals surface area contributed by atoms with Crippen molar-refractivity contribution in [3.8, 4) is 0 Å². The topological polar surface area (TPSA) is 37.8 Å². The Balaban J connectivity index is 1.98. The van der Waals surface area contributed by atoms with E-state index in [1.165, 1.54) is 25.8 Å². The van der Waals surface area contributed by atoms with Crippen molar-refractivity contribution in [3.63, 3.8) is 0 Å². The van der Waals surface area contributed by atoms with Gasteiger partial charge in [-0.05, 0) is 28.9 Å². The SMILES string of the molecule is Cc1sc(CNc2cnns2)cc1Br. The third-order valence-corrected chi connectivity index (χ3v) is 4.47. The minimum atomic E-state index is 0.834. The fraction of sp³-hybridized carbons (Fsp3) is 0.250. The molecule has 2 heterocycles. The van der Waals surface area contributed by atoms with E-state index in [1.54, 1.807) is 17.5 Å². The van der Waals surface area contributed by atoms with Crippen molar-refractivity contribution in [2.24, 2.45) is 0 Å². The maximum atomic E-state index is 3.78. The second-order valence-electron chi connectivity index (χ2n) is 2.75. The molecule has 0 amide bonds. The summed E-state index contributed by atoms with van der Waals surface area (Å²) in [7, 11) is 0. The van der Waals surface area contributed by atoms with Crippen molar-refractivity contribution in [2.45, 2.75) is 13.5 Å². The average Bonchev–Trinajstić information content (AvgIpc) is 2.74. The van der Waals surface area contributed by atoms with Crippen LogP contribution in [0.1, 0.15) is 9.75 Å². The van der Waals surface area contributed by atoms with Crippen molar-refractivity contribution in [1.29, 1.82) is 0 Å². The summed E-state index contributed by atoms with van der Waals surface area (Å²) in [4.78, 5) is 2.62. The van der Waals surface area contributed by atoms with Gasteiger partial charge in [-0.3, -0.25) is 0 Å². The second-order valence-corrected chi connectivity index (χ2v) is 5.73. The van der Waals surface area contributed by atoms with Gasteiger partial charge in [0.2, 0.25) is 0 Å². The third-order valence-electron chi connectivity index (χ3n) is 1.71. The maximum absolute atomic E-state index is 3.78. The van der Waals surface area contributed by atoms with Crippen LogP contribution in [0.4, 0.5) is 5.00 Å². The summed E-state index contributed by atoms with van der Waals surface area (Å²) in [5.74, 6) is 0. The number of aromatic nitrogens is 2. The Morgan fingerprint density at radius 2 is 2.43 bits per heavy atom. The highest BCUT2D eigenvalue weighted by Crippen LogP contribution is 2.27. The van der Waals surface area contributed by atoms with E-state index in [0.29, 0.717) is 0 Å². The van der Waals surface area contributed by atoms with Gasteiger partial charge in [0, 0.05) is 25.8 Å². The lowest BCUT2D eigenvalue weighted by Crippen LogP contribution is -1.94. The molecule has 2 rings (SSSR count). The molecule has 0 saturated heterocycles. The van der Waals surface area contributed by atoms with Gasteiger partial charge in [-0.25, -0.2) is 0 Å². The molecule has 0 radical (unpaired) electrons. The van der Waals surface area contributed by atoms with Crippen molar-refractivity contribution in [2.75, 3.05) is 5.32 Å². The van der Waals surface area contributed by atoms with Crippen molar-refractivity contribution >= 4 is 43.8 Å². The van der Waals surface area contributed by atoms with E-state index in [2.05, 4.69) is 43.8 Å². The van der Waals surface area contributed by atoms with E-state index >= 15 is 0 Å². The molecule has 14 heavy (non-hydrogen) atoms. The first-order chi connectivity index (χ1) is 6.75. The van der Waals surface area contributed by atoms with Gasteiger partial charge in [0.15, 0.2) is 0 Å². The highest BCUT2D eigenvalue weighted by atomic mass is 79.9. The van der Waals surface area contributed by atoms with Crippen LogP contribution in [-0.2, 0) is 6.54 Å². The largest absolute Gasteiger partial charge is 0.369 e. The molecule has 1 N–H and O–H groups in total. The minimum absolute atomic E-state index is 0.834. The molecule has 0 aliphatic carbocycles.